The molecule has 1 aliphatic rings. The molecule has 1 atom stereocenters. The predicted molar refractivity (Wildman–Crippen MR) is 114 cm³/mol. The minimum atomic E-state index is -0.290. The highest BCUT2D eigenvalue weighted by Gasteiger charge is 2.37. The molecule has 0 bridgehead atoms. The molecule has 0 saturated carbocycles. The molecule has 28 heavy (non-hydrogen) atoms. The van der Waals surface area contributed by atoms with Crippen molar-refractivity contribution in [2.75, 3.05) is 0 Å². The number of halogens is 1. The zero-order valence-corrected chi connectivity index (χ0v) is 17.2. The normalized spacial score (nSPS) is 18.6. The van der Waals surface area contributed by atoms with E-state index in [2.05, 4.69) is 30.1 Å². The molecule has 1 fully saturated rings. The van der Waals surface area contributed by atoms with Gasteiger partial charge < -0.3 is 0 Å². The van der Waals surface area contributed by atoms with Gasteiger partial charge in [-0.15, -0.1) is 5.10 Å². The van der Waals surface area contributed by atoms with Gasteiger partial charge in [-0.3, -0.25) is 9.69 Å². The Labute approximate surface area is 169 Å². The Morgan fingerprint density at radius 2 is 1.93 bits per heavy atom. The van der Waals surface area contributed by atoms with Crippen LogP contribution in [0, 0.1) is 19.7 Å². The summed E-state index contributed by atoms with van der Waals surface area (Å²) < 4.78 is 13.2. The molecule has 2 aromatic carbocycles. The highest BCUT2D eigenvalue weighted by Crippen LogP contribution is 2.31. The second-order valence-electron chi connectivity index (χ2n) is 6.93. The zero-order chi connectivity index (χ0) is 20.1. The summed E-state index contributed by atoms with van der Waals surface area (Å²) in [5.41, 5.74) is 4.19. The van der Waals surface area contributed by atoms with Crippen LogP contribution in [0.5, 0.6) is 0 Å². The van der Waals surface area contributed by atoms with Crippen LogP contribution in [0.3, 0.4) is 0 Å². The summed E-state index contributed by atoms with van der Waals surface area (Å²) in [6.07, 6.45) is 3.44. The van der Waals surface area contributed by atoms with Crippen LogP contribution in [0.4, 0.5) is 4.39 Å². The summed E-state index contributed by atoms with van der Waals surface area (Å²) in [4.78, 5) is 14.5. The first-order chi connectivity index (χ1) is 13.5. The number of thioether (sulfide) groups is 1. The average molecular weight is 398 g/mol. The van der Waals surface area contributed by atoms with Gasteiger partial charge in [0.2, 0.25) is 5.91 Å². The van der Waals surface area contributed by atoms with E-state index >= 15 is 0 Å². The highest BCUT2D eigenvalue weighted by molar-refractivity contribution is 8.15. The van der Waals surface area contributed by atoms with Gasteiger partial charge in [0.15, 0.2) is 5.17 Å². The van der Waals surface area contributed by atoms with Crippen LogP contribution in [0.2, 0.25) is 0 Å². The molecule has 0 aliphatic carbocycles. The van der Waals surface area contributed by atoms with Gasteiger partial charge in [0, 0.05) is 0 Å². The van der Waals surface area contributed by atoms with Crippen molar-refractivity contribution >= 4 is 29.1 Å². The number of aryl methyl sites for hydroxylation is 2. The van der Waals surface area contributed by atoms with Crippen LogP contribution >= 0.6 is 11.8 Å². The molecule has 0 radical (unpaired) electrons. The van der Waals surface area contributed by atoms with E-state index in [1.807, 2.05) is 19.1 Å². The van der Waals surface area contributed by atoms with Crippen molar-refractivity contribution in [2.45, 2.75) is 45.4 Å². The molecule has 3 rings (SSSR count). The molecule has 0 aromatic heterocycles. The number of benzene rings is 2. The quantitative estimate of drug-likeness (QED) is 0.504. The fourth-order valence-electron chi connectivity index (χ4n) is 3.06. The van der Waals surface area contributed by atoms with Crippen molar-refractivity contribution in [3.8, 4) is 0 Å². The largest absolute Gasteiger partial charge is 0.284 e. The van der Waals surface area contributed by atoms with Crippen molar-refractivity contribution in [1.29, 1.82) is 0 Å². The van der Waals surface area contributed by atoms with Crippen molar-refractivity contribution < 1.29 is 9.18 Å². The number of carbonyl (C=O) groups is 1. The average Bonchev–Trinajstić information content (AvgIpc) is 2.95. The first-order valence-corrected chi connectivity index (χ1v) is 10.3. The fraction of sp³-hybridized carbons (Fsp3) is 0.318. The summed E-state index contributed by atoms with van der Waals surface area (Å²) in [6, 6.07) is 12.3. The lowest BCUT2D eigenvalue weighted by Gasteiger charge is -2.15. The van der Waals surface area contributed by atoms with E-state index in [1.165, 1.54) is 29.5 Å². The van der Waals surface area contributed by atoms with Gasteiger partial charge in [0.05, 0.1) is 18.0 Å². The maximum atomic E-state index is 13.2. The molecule has 1 aliphatic heterocycles. The third-order valence-electron chi connectivity index (χ3n) is 4.59. The molecule has 2 aromatic rings. The van der Waals surface area contributed by atoms with Crippen LogP contribution in [-0.4, -0.2) is 27.4 Å². The van der Waals surface area contributed by atoms with E-state index in [9.17, 15) is 9.18 Å². The maximum absolute atomic E-state index is 13.2. The summed E-state index contributed by atoms with van der Waals surface area (Å²) in [5, 5.41) is 9.03. The number of hydrogen-bond acceptors (Lipinski definition) is 4. The van der Waals surface area contributed by atoms with Gasteiger partial charge in [-0.2, -0.15) is 5.10 Å². The Bertz CT molecular complexity index is 908. The molecule has 1 saturated heterocycles. The Hall–Kier alpha value is -2.47. The number of carbonyl (C=O) groups excluding carboxylic acids is 1. The van der Waals surface area contributed by atoms with Crippen molar-refractivity contribution in [2.24, 2.45) is 10.2 Å². The first-order valence-electron chi connectivity index (χ1n) is 9.38. The molecule has 146 valence electrons. The minimum Gasteiger partial charge on any atom is -0.284 e. The molecular formula is C22H24FN3OS. The van der Waals surface area contributed by atoms with Crippen LogP contribution < -0.4 is 0 Å². The number of hydrogen-bond donors (Lipinski definition) is 0. The van der Waals surface area contributed by atoms with Gasteiger partial charge in [-0.25, -0.2) is 4.39 Å². The molecule has 1 amide bonds. The SMILES string of the molecule is CCC[C@H]1S/C(=N\N=C/c2ccc(C)cc2C)N(Cc2ccc(F)cc2)C1=O. The summed E-state index contributed by atoms with van der Waals surface area (Å²) >= 11 is 1.45. The number of amidine groups is 1. The standard InChI is InChI=1S/C22H24FN3OS/c1-4-5-20-21(27)26(14-17-7-10-19(23)11-8-17)22(28-20)25-24-13-18-9-6-15(2)12-16(18)3/h6-13,20H,4-5,14H2,1-3H3/b24-13-,25-22-/t20-/m1/s1. The van der Waals surface area contributed by atoms with Gasteiger partial charge in [0.1, 0.15) is 5.82 Å². The van der Waals surface area contributed by atoms with E-state index in [1.54, 1.807) is 23.2 Å². The smallest absolute Gasteiger partial charge is 0.242 e. The minimum absolute atomic E-state index is 0.0386. The van der Waals surface area contributed by atoms with Gasteiger partial charge in [-0.05, 0) is 49.1 Å². The number of amides is 1. The Morgan fingerprint density at radius 1 is 1.18 bits per heavy atom. The van der Waals surface area contributed by atoms with E-state index < -0.39 is 0 Å². The molecule has 0 spiro atoms. The second-order valence-corrected chi connectivity index (χ2v) is 8.10. The van der Waals surface area contributed by atoms with Gasteiger partial charge >= 0.3 is 0 Å². The monoisotopic (exact) mass is 397 g/mol. The molecule has 6 heteroatoms. The first kappa shape index (κ1) is 20.3. The Morgan fingerprint density at radius 3 is 2.61 bits per heavy atom. The van der Waals surface area contributed by atoms with Gasteiger partial charge in [0.25, 0.3) is 0 Å². The van der Waals surface area contributed by atoms with Crippen LogP contribution in [0.15, 0.2) is 52.7 Å². The highest BCUT2D eigenvalue weighted by atomic mass is 32.2. The molecule has 0 unspecified atom stereocenters. The Balaban J connectivity index is 1.82. The van der Waals surface area contributed by atoms with Crippen LogP contribution in [-0.2, 0) is 11.3 Å². The van der Waals surface area contributed by atoms with Crippen molar-refractivity contribution in [3.63, 3.8) is 0 Å². The van der Waals surface area contributed by atoms with Gasteiger partial charge in [-0.1, -0.05) is 61.0 Å². The fourth-order valence-corrected chi connectivity index (χ4v) is 4.27. The second kappa shape index (κ2) is 9.15. The number of rotatable bonds is 6. The summed E-state index contributed by atoms with van der Waals surface area (Å²) in [5.74, 6) is -0.252. The molecule has 4 nitrogen and oxygen atoms in total. The molecular weight excluding hydrogens is 373 g/mol. The Kier molecular flexibility index (Phi) is 6.62. The maximum Gasteiger partial charge on any atom is 0.242 e. The predicted octanol–water partition coefficient (Wildman–Crippen LogP) is 5.08. The van der Waals surface area contributed by atoms with Crippen LogP contribution in [0.1, 0.15) is 42.0 Å². The third kappa shape index (κ3) is 4.87. The van der Waals surface area contributed by atoms with E-state index in [0.717, 1.165) is 29.5 Å². The third-order valence-corrected chi connectivity index (χ3v) is 5.82. The number of nitrogens with zero attached hydrogens (tertiary/aromatic N) is 3. The lowest BCUT2D eigenvalue weighted by Crippen LogP contribution is -2.31. The zero-order valence-electron chi connectivity index (χ0n) is 16.4. The lowest BCUT2D eigenvalue weighted by atomic mass is 10.1. The lowest BCUT2D eigenvalue weighted by molar-refractivity contribution is -0.126. The van der Waals surface area contributed by atoms with Crippen molar-refractivity contribution in [1.82, 2.24) is 4.90 Å². The topological polar surface area (TPSA) is 45.0 Å². The van der Waals surface area contributed by atoms with E-state index in [4.69, 9.17) is 0 Å². The molecule has 1 heterocycles. The van der Waals surface area contributed by atoms with E-state index in [0.29, 0.717) is 11.7 Å². The molecule has 0 N–H and O–H groups in total. The van der Waals surface area contributed by atoms with Crippen LogP contribution in [0.25, 0.3) is 0 Å². The van der Waals surface area contributed by atoms with E-state index in [-0.39, 0.29) is 17.0 Å². The van der Waals surface area contributed by atoms with Crippen molar-refractivity contribution in [3.05, 3.63) is 70.5 Å². The summed E-state index contributed by atoms with van der Waals surface area (Å²) in [7, 11) is 0. The summed E-state index contributed by atoms with van der Waals surface area (Å²) in [6.45, 7) is 6.51.